The van der Waals surface area contributed by atoms with Crippen LogP contribution in [0.4, 0.5) is 4.39 Å². The summed E-state index contributed by atoms with van der Waals surface area (Å²) in [7, 11) is 1.23. The molecule has 4 nitrogen and oxygen atoms in total. The van der Waals surface area contributed by atoms with Gasteiger partial charge in [0, 0.05) is 19.2 Å². The number of rotatable bonds is 4. The van der Waals surface area contributed by atoms with Gasteiger partial charge < -0.3 is 14.8 Å². The quantitative estimate of drug-likeness (QED) is 0.826. The van der Waals surface area contributed by atoms with Gasteiger partial charge in [0.05, 0.1) is 19.3 Å². The van der Waals surface area contributed by atoms with Crippen LogP contribution in [0.25, 0.3) is 0 Å². The monoisotopic (exact) mass is 253 g/mol. The molecule has 98 valence electrons. The first-order valence-corrected chi connectivity index (χ1v) is 5.88. The molecule has 1 atom stereocenters. The lowest BCUT2D eigenvalue weighted by Gasteiger charge is -2.11. The van der Waals surface area contributed by atoms with E-state index in [1.807, 2.05) is 0 Å². The molecule has 2 rings (SSSR count). The number of benzene rings is 1. The predicted octanol–water partition coefficient (Wildman–Crippen LogP) is 1.49. The molecule has 1 aliphatic heterocycles. The molecule has 0 saturated carbocycles. The van der Waals surface area contributed by atoms with Crippen LogP contribution in [0, 0.1) is 5.82 Å². The van der Waals surface area contributed by atoms with Crippen molar-refractivity contribution in [2.45, 2.75) is 19.0 Å². The van der Waals surface area contributed by atoms with Crippen LogP contribution in [0.2, 0.25) is 0 Å². The van der Waals surface area contributed by atoms with Crippen molar-refractivity contribution in [2.75, 3.05) is 20.3 Å². The Labute approximate surface area is 105 Å². The third-order valence-corrected chi connectivity index (χ3v) is 2.96. The average molecular weight is 253 g/mol. The van der Waals surface area contributed by atoms with Gasteiger partial charge in [-0.2, -0.15) is 0 Å². The van der Waals surface area contributed by atoms with Gasteiger partial charge in [-0.3, -0.25) is 0 Å². The van der Waals surface area contributed by atoms with Gasteiger partial charge in [-0.05, 0) is 24.1 Å². The second kappa shape index (κ2) is 5.93. The van der Waals surface area contributed by atoms with Crippen LogP contribution in [0.5, 0.6) is 0 Å². The fraction of sp³-hybridized carbons (Fsp3) is 0.462. The molecule has 1 N–H and O–H groups in total. The number of esters is 1. The molecule has 0 bridgehead atoms. The number of hydrogen-bond donors (Lipinski definition) is 1. The standard InChI is InChI=1S/C13H16FNO3/c1-17-13(16)11-3-2-9(6-12(11)14)7-15-10-4-5-18-8-10/h2-3,6,10,15H,4-5,7-8H2,1H3. The van der Waals surface area contributed by atoms with E-state index < -0.39 is 11.8 Å². The maximum absolute atomic E-state index is 13.6. The van der Waals surface area contributed by atoms with E-state index in [1.165, 1.54) is 19.2 Å². The van der Waals surface area contributed by atoms with Crippen molar-refractivity contribution >= 4 is 5.97 Å². The second-order valence-electron chi connectivity index (χ2n) is 4.25. The highest BCUT2D eigenvalue weighted by atomic mass is 19.1. The molecule has 0 amide bonds. The Balaban J connectivity index is 1.97. The molecule has 1 unspecified atom stereocenters. The number of hydrogen-bond acceptors (Lipinski definition) is 4. The lowest BCUT2D eigenvalue weighted by Crippen LogP contribution is -2.28. The van der Waals surface area contributed by atoms with Crippen molar-refractivity contribution in [3.05, 3.63) is 35.1 Å². The van der Waals surface area contributed by atoms with Gasteiger partial charge in [-0.1, -0.05) is 6.07 Å². The summed E-state index contributed by atoms with van der Waals surface area (Å²) in [5.74, 6) is -1.21. The van der Waals surface area contributed by atoms with Gasteiger partial charge in [0.1, 0.15) is 5.82 Å². The Hall–Kier alpha value is -1.46. The molecule has 1 aromatic carbocycles. The highest BCUT2D eigenvalue weighted by Gasteiger charge is 2.16. The maximum Gasteiger partial charge on any atom is 0.340 e. The molecule has 1 saturated heterocycles. The molecule has 1 aliphatic rings. The van der Waals surface area contributed by atoms with Crippen LogP contribution in [0.1, 0.15) is 22.3 Å². The van der Waals surface area contributed by atoms with Gasteiger partial charge in [0.25, 0.3) is 0 Å². The topological polar surface area (TPSA) is 47.6 Å². The summed E-state index contributed by atoms with van der Waals surface area (Å²) in [6.07, 6.45) is 0.975. The third-order valence-electron chi connectivity index (χ3n) is 2.96. The first kappa shape index (κ1) is 13.0. The number of nitrogens with one attached hydrogen (secondary N) is 1. The Morgan fingerprint density at radius 3 is 3.06 bits per heavy atom. The summed E-state index contributed by atoms with van der Waals surface area (Å²) in [4.78, 5) is 11.2. The molecular weight excluding hydrogens is 237 g/mol. The van der Waals surface area contributed by atoms with Gasteiger partial charge in [-0.15, -0.1) is 0 Å². The zero-order valence-corrected chi connectivity index (χ0v) is 10.2. The molecule has 1 heterocycles. The molecule has 0 radical (unpaired) electrons. The number of ether oxygens (including phenoxy) is 2. The molecule has 0 aliphatic carbocycles. The Morgan fingerprint density at radius 1 is 1.61 bits per heavy atom. The van der Waals surface area contributed by atoms with E-state index in [9.17, 15) is 9.18 Å². The highest BCUT2D eigenvalue weighted by Crippen LogP contribution is 2.12. The van der Waals surface area contributed by atoms with Crippen molar-refractivity contribution in [2.24, 2.45) is 0 Å². The van der Waals surface area contributed by atoms with E-state index in [0.717, 1.165) is 18.6 Å². The third kappa shape index (κ3) is 3.05. The van der Waals surface area contributed by atoms with Crippen LogP contribution < -0.4 is 5.32 Å². The first-order valence-electron chi connectivity index (χ1n) is 5.88. The largest absolute Gasteiger partial charge is 0.465 e. The van der Waals surface area contributed by atoms with Crippen molar-refractivity contribution < 1.29 is 18.7 Å². The lowest BCUT2D eigenvalue weighted by molar-refractivity contribution is 0.0595. The van der Waals surface area contributed by atoms with Gasteiger partial charge in [-0.25, -0.2) is 9.18 Å². The van der Waals surface area contributed by atoms with E-state index in [2.05, 4.69) is 10.1 Å². The average Bonchev–Trinajstić information content (AvgIpc) is 2.88. The minimum absolute atomic E-state index is 0.0366. The molecular formula is C13H16FNO3. The minimum atomic E-state index is -0.656. The van der Waals surface area contributed by atoms with Crippen LogP contribution >= 0.6 is 0 Å². The fourth-order valence-electron chi connectivity index (χ4n) is 1.90. The number of methoxy groups -OCH3 is 1. The molecule has 18 heavy (non-hydrogen) atoms. The van der Waals surface area contributed by atoms with Crippen LogP contribution in [-0.4, -0.2) is 32.3 Å². The lowest BCUT2D eigenvalue weighted by atomic mass is 10.1. The normalized spacial score (nSPS) is 18.9. The van der Waals surface area contributed by atoms with Gasteiger partial charge in [0.15, 0.2) is 0 Å². The zero-order valence-electron chi connectivity index (χ0n) is 10.2. The first-order chi connectivity index (χ1) is 8.70. The minimum Gasteiger partial charge on any atom is -0.465 e. The Kier molecular flexibility index (Phi) is 4.28. The molecule has 0 aromatic heterocycles. The van der Waals surface area contributed by atoms with Crippen molar-refractivity contribution in [3.8, 4) is 0 Å². The smallest absolute Gasteiger partial charge is 0.340 e. The SMILES string of the molecule is COC(=O)c1ccc(CNC2CCOC2)cc1F. The predicted molar refractivity (Wildman–Crippen MR) is 63.8 cm³/mol. The van der Waals surface area contributed by atoms with E-state index in [1.54, 1.807) is 6.07 Å². The van der Waals surface area contributed by atoms with E-state index in [0.29, 0.717) is 19.2 Å². The Morgan fingerprint density at radius 2 is 2.44 bits per heavy atom. The van der Waals surface area contributed by atoms with Crippen LogP contribution in [0.3, 0.4) is 0 Å². The van der Waals surface area contributed by atoms with E-state index >= 15 is 0 Å². The fourth-order valence-corrected chi connectivity index (χ4v) is 1.90. The molecule has 1 aromatic rings. The Bertz CT molecular complexity index is 430. The van der Waals surface area contributed by atoms with Gasteiger partial charge in [0.2, 0.25) is 0 Å². The number of halogens is 1. The van der Waals surface area contributed by atoms with Crippen molar-refractivity contribution in [3.63, 3.8) is 0 Å². The van der Waals surface area contributed by atoms with Gasteiger partial charge >= 0.3 is 5.97 Å². The summed E-state index contributed by atoms with van der Waals surface area (Å²) in [6, 6.07) is 4.85. The number of carbonyl (C=O) groups excluding carboxylic acids is 1. The second-order valence-corrected chi connectivity index (χ2v) is 4.25. The molecule has 5 heteroatoms. The molecule has 1 fully saturated rings. The summed E-state index contributed by atoms with van der Waals surface area (Å²) in [5, 5.41) is 3.28. The summed E-state index contributed by atoms with van der Waals surface area (Å²) in [6.45, 7) is 2.03. The van der Waals surface area contributed by atoms with Crippen molar-refractivity contribution in [1.82, 2.24) is 5.32 Å². The zero-order chi connectivity index (χ0) is 13.0. The highest BCUT2D eigenvalue weighted by molar-refractivity contribution is 5.89. The summed E-state index contributed by atoms with van der Waals surface area (Å²) >= 11 is 0. The maximum atomic E-state index is 13.6. The summed E-state index contributed by atoms with van der Waals surface area (Å²) < 4.78 is 23.4. The van der Waals surface area contributed by atoms with Crippen LogP contribution in [-0.2, 0) is 16.0 Å². The summed E-state index contributed by atoms with van der Waals surface area (Å²) in [5.41, 5.74) is 0.762. The van der Waals surface area contributed by atoms with Crippen molar-refractivity contribution in [1.29, 1.82) is 0 Å². The van der Waals surface area contributed by atoms with Crippen LogP contribution in [0.15, 0.2) is 18.2 Å². The number of carbonyl (C=O) groups is 1. The van der Waals surface area contributed by atoms with E-state index in [4.69, 9.17) is 4.74 Å². The molecule has 0 spiro atoms. The van der Waals surface area contributed by atoms with E-state index in [-0.39, 0.29) is 5.56 Å².